The molecule has 3 rings (SSSR count). The summed E-state index contributed by atoms with van der Waals surface area (Å²) in [6, 6.07) is 19.0. The van der Waals surface area contributed by atoms with Crippen LogP contribution >= 0.6 is 12.2 Å². The van der Waals surface area contributed by atoms with E-state index in [0.717, 1.165) is 10.8 Å². The molecule has 3 aromatic carbocycles. The second-order valence-electron chi connectivity index (χ2n) is 5.84. The summed E-state index contributed by atoms with van der Waals surface area (Å²) in [4.78, 5) is 12.1. The van der Waals surface area contributed by atoms with Gasteiger partial charge in [0, 0.05) is 11.1 Å². The Morgan fingerprint density at radius 2 is 1.68 bits per heavy atom. The maximum absolute atomic E-state index is 12.1. The fourth-order valence-corrected chi connectivity index (χ4v) is 3.26. The molecular weight excluding hydrogens is 398 g/mol. The number of sulfonamides is 1. The largest absolute Gasteiger partial charge is 0.483 e. The lowest BCUT2D eigenvalue weighted by Gasteiger charge is -2.12. The molecule has 1 amide bonds. The van der Waals surface area contributed by atoms with E-state index in [0.29, 0.717) is 11.4 Å². The molecule has 0 aliphatic rings. The van der Waals surface area contributed by atoms with E-state index in [2.05, 4.69) is 10.6 Å². The van der Waals surface area contributed by atoms with Crippen LogP contribution in [0.3, 0.4) is 0 Å². The van der Waals surface area contributed by atoms with Gasteiger partial charge in [-0.05, 0) is 47.9 Å². The average molecular weight is 415 g/mol. The number of ether oxygens (including phenoxy) is 1. The SMILES string of the molecule is NS(=O)(=O)c1ccc(NC(=S)NC(=O)COc2cccc3ccccc23)cc1. The summed E-state index contributed by atoms with van der Waals surface area (Å²) in [5.74, 6) is 0.178. The molecule has 0 spiro atoms. The van der Waals surface area contributed by atoms with E-state index in [4.69, 9.17) is 22.1 Å². The van der Waals surface area contributed by atoms with Crippen molar-refractivity contribution in [1.82, 2.24) is 5.32 Å². The molecule has 0 saturated carbocycles. The minimum Gasteiger partial charge on any atom is -0.483 e. The van der Waals surface area contributed by atoms with Crippen molar-refractivity contribution in [2.75, 3.05) is 11.9 Å². The van der Waals surface area contributed by atoms with Crippen LogP contribution in [0.1, 0.15) is 0 Å². The molecule has 0 bridgehead atoms. The molecule has 4 N–H and O–H groups in total. The number of thiocarbonyl (C=S) groups is 1. The fraction of sp³-hybridized carbons (Fsp3) is 0.0526. The lowest BCUT2D eigenvalue weighted by atomic mass is 10.1. The molecule has 0 aromatic heterocycles. The third-order valence-corrected chi connectivity index (χ3v) is 4.94. The average Bonchev–Trinajstić information content (AvgIpc) is 2.66. The van der Waals surface area contributed by atoms with Gasteiger partial charge in [-0.1, -0.05) is 36.4 Å². The number of anilines is 1. The molecule has 0 atom stereocenters. The highest BCUT2D eigenvalue weighted by Gasteiger charge is 2.10. The van der Waals surface area contributed by atoms with E-state index in [1.165, 1.54) is 24.3 Å². The van der Waals surface area contributed by atoms with E-state index in [1.54, 1.807) is 6.07 Å². The van der Waals surface area contributed by atoms with E-state index in [-0.39, 0.29) is 16.6 Å². The maximum Gasteiger partial charge on any atom is 0.264 e. The lowest BCUT2D eigenvalue weighted by molar-refractivity contribution is -0.121. The van der Waals surface area contributed by atoms with Gasteiger partial charge in [0.1, 0.15) is 5.75 Å². The number of primary sulfonamides is 1. The summed E-state index contributed by atoms with van der Waals surface area (Å²) in [6.45, 7) is -0.208. The topological polar surface area (TPSA) is 111 Å². The molecule has 144 valence electrons. The number of hydrogen-bond donors (Lipinski definition) is 3. The third kappa shape index (κ3) is 5.03. The van der Waals surface area contributed by atoms with Crippen molar-refractivity contribution < 1.29 is 17.9 Å². The summed E-state index contributed by atoms with van der Waals surface area (Å²) >= 11 is 5.08. The van der Waals surface area contributed by atoms with Crippen molar-refractivity contribution >= 4 is 49.7 Å². The fourth-order valence-electron chi connectivity index (χ4n) is 2.52. The lowest BCUT2D eigenvalue weighted by Crippen LogP contribution is -2.37. The number of fused-ring (bicyclic) bond motifs is 1. The number of carbonyl (C=O) groups excluding carboxylic acids is 1. The molecule has 0 aliphatic carbocycles. The highest BCUT2D eigenvalue weighted by molar-refractivity contribution is 7.89. The normalized spacial score (nSPS) is 11.0. The van der Waals surface area contributed by atoms with Crippen LogP contribution in [0.15, 0.2) is 71.6 Å². The van der Waals surface area contributed by atoms with Gasteiger partial charge in [-0.3, -0.25) is 10.1 Å². The molecule has 28 heavy (non-hydrogen) atoms. The van der Waals surface area contributed by atoms with Crippen LogP contribution in [-0.2, 0) is 14.8 Å². The van der Waals surface area contributed by atoms with Crippen LogP contribution in [0, 0.1) is 0 Å². The summed E-state index contributed by atoms with van der Waals surface area (Å²) < 4.78 is 28.1. The quantitative estimate of drug-likeness (QED) is 0.552. The van der Waals surface area contributed by atoms with Gasteiger partial charge >= 0.3 is 0 Å². The van der Waals surface area contributed by atoms with Gasteiger partial charge in [-0.2, -0.15) is 0 Å². The molecule has 0 unspecified atom stereocenters. The Bertz CT molecular complexity index is 1120. The Kier molecular flexibility index (Phi) is 5.88. The Morgan fingerprint density at radius 3 is 2.39 bits per heavy atom. The van der Waals surface area contributed by atoms with Crippen LogP contribution < -0.4 is 20.5 Å². The number of carbonyl (C=O) groups is 1. The highest BCUT2D eigenvalue weighted by atomic mass is 32.2. The Labute approximate surface area is 167 Å². The summed E-state index contributed by atoms with van der Waals surface area (Å²) in [5, 5.41) is 12.3. The van der Waals surface area contributed by atoms with Gasteiger partial charge in [0.25, 0.3) is 5.91 Å². The van der Waals surface area contributed by atoms with Gasteiger partial charge in [0.05, 0.1) is 4.90 Å². The van der Waals surface area contributed by atoms with Crippen molar-refractivity contribution in [1.29, 1.82) is 0 Å². The van der Waals surface area contributed by atoms with Crippen molar-refractivity contribution in [2.45, 2.75) is 4.90 Å². The Hall–Kier alpha value is -3.01. The van der Waals surface area contributed by atoms with E-state index >= 15 is 0 Å². The minimum atomic E-state index is -3.76. The third-order valence-electron chi connectivity index (χ3n) is 3.80. The zero-order chi connectivity index (χ0) is 20.1. The highest BCUT2D eigenvalue weighted by Crippen LogP contribution is 2.24. The molecule has 0 aliphatic heterocycles. The first-order valence-corrected chi connectivity index (χ1v) is 10.1. The van der Waals surface area contributed by atoms with Crippen molar-refractivity contribution in [2.24, 2.45) is 5.14 Å². The van der Waals surface area contributed by atoms with Gasteiger partial charge < -0.3 is 10.1 Å². The second kappa shape index (κ2) is 8.34. The van der Waals surface area contributed by atoms with Gasteiger partial charge in [0.15, 0.2) is 11.7 Å². The van der Waals surface area contributed by atoms with E-state index in [1.807, 2.05) is 36.4 Å². The van der Waals surface area contributed by atoms with Crippen LogP contribution in [0.5, 0.6) is 5.75 Å². The predicted molar refractivity (Wildman–Crippen MR) is 112 cm³/mol. The molecular formula is C19H17N3O4S2. The molecule has 0 heterocycles. The Balaban J connectivity index is 1.55. The number of hydrogen-bond acceptors (Lipinski definition) is 5. The standard InChI is InChI=1S/C19H17N3O4S2/c20-28(24,25)15-10-8-14(9-11-15)21-19(27)22-18(23)12-26-17-7-3-5-13-4-1-2-6-16(13)17/h1-11H,12H2,(H2,20,24,25)(H2,21,22,23,27). The van der Waals surface area contributed by atoms with E-state index in [9.17, 15) is 13.2 Å². The van der Waals surface area contributed by atoms with Crippen LogP contribution in [0.25, 0.3) is 10.8 Å². The van der Waals surface area contributed by atoms with Gasteiger partial charge in [-0.15, -0.1) is 0 Å². The molecule has 3 aromatic rings. The Morgan fingerprint density at radius 1 is 1.00 bits per heavy atom. The van der Waals surface area contributed by atoms with Gasteiger partial charge in [0.2, 0.25) is 10.0 Å². The molecule has 7 nitrogen and oxygen atoms in total. The second-order valence-corrected chi connectivity index (χ2v) is 7.81. The number of nitrogens with two attached hydrogens (primary N) is 1. The first-order chi connectivity index (χ1) is 13.3. The maximum atomic E-state index is 12.1. The number of nitrogens with one attached hydrogen (secondary N) is 2. The van der Waals surface area contributed by atoms with Crippen molar-refractivity contribution in [3.63, 3.8) is 0 Å². The molecule has 9 heteroatoms. The van der Waals surface area contributed by atoms with Crippen LogP contribution in [0.2, 0.25) is 0 Å². The van der Waals surface area contributed by atoms with Crippen LogP contribution in [0.4, 0.5) is 5.69 Å². The summed E-state index contributed by atoms with van der Waals surface area (Å²) in [6.07, 6.45) is 0. The predicted octanol–water partition coefficient (Wildman–Crippen LogP) is 2.38. The minimum absolute atomic E-state index is 0.0171. The zero-order valence-corrected chi connectivity index (χ0v) is 16.2. The first kappa shape index (κ1) is 19.7. The molecule has 0 saturated heterocycles. The molecule has 0 fully saturated rings. The zero-order valence-electron chi connectivity index (χ0n) is 14.6. The van der Waals surface area contributed by atoms with Gasteiger partial charge in [-0.25, -0.2) is 13.6 Å². The molecule has 0 radical (unpaired) electrons. The van der Waals surface area contributed by atoms with Crippen molar-refractivity contribution in [3.05, 3.63) is 66.7 Å². The summed E-state index contributed by atoms with van der Waals surface area (Å²) in [5.41, 5.74) is 0.507. The smallest absolute Gasteiger partial charge is 0.264 e. The number of amides is 1. The summed E-state index contributed by atoms with van der Waals surface area (Å²) in [7, 11) is -3.76. The monoisotopic (exact) mass is 415 g/mol. The van der Waals surface area contributed by atoms with Crippen LogP contribution in [-0.4, -0.2) is 26.0 Å². The number of benzene rings is 3. The first-order valence-electron chi connectivity index (χ1n) is 8.17. The number of rotatable bonds is 5. The van der Waals surface area contributed by atoms with E-state index < -0.39 is 15.9 Å². The van der Waals surface area contributed by atoms with Crippen molar-refractivity contribution in [3.8, 4) is 5.75 Å².